The van der Waals surface area contributed by atoms with Gasteiger partial charge in [-0.25, -0.2) is 9.97 Å². The van der Waals surface area contributed by atoms with Gasteiger partial charge in [-0.3, -0.25) is 14.5 Å². The van der Waals surface area contributed by atoms with E-state index in [9.17, 15) is 4.79 Å². The summed E-state index contributed by atoms with van der Waals surface area (Å²) in [6, 6.07) is 22.5. The van der Waals surface area contributed by atoms with E-state index in [1.54, 1.807) is 0 Å². The summed E-state index contributed by atoms with van der Waals surface area (Å²) in [7, 11) is 0. The van der Waals surface area contributed by atoms with Crippen molar-refractivity contribution >= 4 is 41.6 Å². The first-order chi connectivity index (χ1) is 23.6. The van der Waals surface area contributed by atoms with Crippen LogP contribution in [0.4, 0.5) is 11.6 Å². The molecule has 1 unspecified atom stereocenters. The Kier molecular flexibility index (Phi) is 9.88. The Morgan fingerprint density at radius 3 is 2.40 bits per heavy atom. The van der Waals surface area contributed by atoms with Crippen molar-refractivity contribution < 1.29 is 4.79 Å². The van der Waals surface area contributed by atoms with Crippen molar-refractivity contribution in [2.75, 3.05) is 16.8 Å². The van der Waals surface area contributed by atoms with Gasteiger partial charge in [-0.2, -0.15) is 0 Å². The molecule has 5 heterocycles. The molecule has 8 heteroatoms. The van der Waals surface area contributed by atoms with Crippen molar-refractivity contribution in [2.45, 2.75) is 103 Å². The van der Waals surface area contributed by atoms with Crippen molar-refractivity contribution in [3.63, 3.8) is 0 Å². The average Bonchev–Trinajstić information content (AvgIpc) is 3.39. The number of nitrogens with zero attached hydrogens (tertiary/aromatic N) is 4. The number of carbonyl (C=O) groups excluding carboxylic acids is 1. The number of pyridine rings is 3. The highest BCUT2D eigenvalue weighted by Crippen LogP contribution is 2.44. The van der Waals surface area contributed by atoms with Crippen molar-refractivity contribution in [3.8, 4) is 0 Å². The summed E-state index contributed by atoms with van der Waals surface area (Å²) in [5.74, 6) is 2.06. The summed E-state index contributed by atoms with van der Waals surface area (Å²) in [6.07, 6.45) is 8.01. The van der Waals surface area contributed by atoms with Crippen LogP contribution in [0.3, 0.4) is 0 Å². The molecular formula is C42H52N6OS. The standard InChI is InChI=1S/C42H52N6OS/c1-27-22-34(33-24-31(20-21-43-33)40(2,3)4)44-35-16-13-17-36(45-35)50-47-39(49)32-23-29(19-18-28-14-11-10-12-15-28)37(41(5,6)7)46-38(32)48-26-30(27)25-42(48,8)9/h10-21,23-24,27,30,34H,22,25-26H2,1-9H3,(H,44,45)(H,47,49)/b19-18+/t27-,30-,34?/m0/s1. The van der Waals surface area contributed by atoms with Crippen LogP contribution < -0.4 is 14.9 Å². The number of amides is 1. The Morgan fingerprint density at radius 2 is 1.68 bits per heavy atom. The van der Waals surface area contributed by atoms with E-state index < -0.39 is 0 Å². The lowest BCUT2D eigenvalue weighted by Crippen LogP contribution is -2.40. The molecule has 0 saturated carbocycles. The monoisotopic (exact) mass is 688 g/mol. The topological polar surface area (TPSA) is 83.0 Å². The van der Waals surface area contributed by atoms with E-state index in [-0.39, 0.29) is 28.3 Å². The number of aromatic nitrogens is 3. The van der Waals surface area contributed by atoms with Crippen LogP contribution >= 0.6 is 11.9 Å². The summed E-state index contributed by atoms with van der Waals surface area (Å²) >= 11 is 1.23. The zero-order chi connectivity index (χ0) is 35.8. The second-order valence-electron chi connectivity index (χ2n) is 16.7. The van der Waals surface area contributed by atoms with Gasteiger partial charge >= 0.3 is 0 Å². The molecule has 1 fully saturated rings. The molecule has 50 heavy (non-hydrogen) atoms. The lowest BCUT2D eigenvalue weighted by Gasteiger charge is -2.35. The Bertz CT molecular complexity index is 1870. The summed E-state index contributed by atoms with van der Waals surface area (Å²) in [6.45, 7) is 21.1. The molecule has 6 rings (SSSR count). The van der Waals surface area contributed by atoms with Crippen LogP contribution in [-0.2, 0) is 10.8 Å². The molecule has 2 aliphatic rings. The van der Waals surface area contributed by atoms with Crippen molar-refractivity contribution in [2.24, 2.45) is 11.8 Å². The van der Waals surface area contributed by atoms with Crippen molar-refractivity contribution in [1.29, 1.82) is 0 Å². The van der Waals surface area contributed by atoms with E-state index in [0.29, 0.717) is 22.4 Å². The van der Waals surface area contributed by atoms with E-state index >= 15 is 0 Å². The Hall–Kier alpha value is -4.17. The third kappa shape index (κ3) is 7.91. The molecule has 4 aromatic rings. The molecule has 2 aliphatic heterocycles. The Labute approximate surface area is 303 Å². The quantitative estimate of drug-likeness (QED) is 0.207. The number of benzene rings is 1. The second-order valence-corrected chi connectivity index (χ2v) is 17.5. The maximum absolute atomic E-state index is 14.3. The Balaban J connectivity index is 1.45. The summed E-state index contributed by atoms with van der Waals surface area (Å²) < 4.78 is 3.12. The molecule has 262 valence electrons. The first-order valence-corrected chi connectivity index (χ1v) is 18.6. The van der Waals surface area contributed by atoms with E-state index in [1.165, 1.54) is 17.5 Å². The molecular weight excluding hydrogens is 637 g/mol. The van der Waals surface area contributed by atoms with Gasteiger partial charge in [0.25, 0.3) is 5.91 Å². The maximum Gasteiger partial charge on any atom is 0.265 e. The smallest absolute Gasteiger partial charge is 0.265 e. The number of rotatable bonds is 3. The van der Waals surface area contributed by atoms with Gasteiger partial charge in [0.1, 0.15) is 16.7 Å². The SMILES string of the molecule is C[C@H]1CC(c2cc(C(C)(C)C)ccn2)Nc2cccc(n2)SNC(=O)c2cc(/C=C/c3ccccc3)c(C(C)(C)C)nc2N2C[C@@H]1CC2(C)C. The van der Waals surface area contributed by atoms with Gasteiger partial charge in [0.05, 0.1) is 23.0 Å². The largest absolute Gasteiger partial charge is 0.362 e. The lowest BCUT2D eigenvalue weighted by atomic mass is 9.82. The van der Waals surface area contributed by atoms with Gasteiger partial charge in [-0.1, -0.05) is 97.0 Å². The molecule has 3 aromatic heterocycles. The molecule has 0 spiro atoms. The number of anilines is 2. The highest BCUT2D eigenvalue weighted by Gasteiger charge is 2.43. The fraction of sp³-hybridized carbons (Fsp3) is 0.429. The Morgan fingerprint density at radius 1 is 0.920 bits per heavy atom. The highest BCUT2D eigenvalue weighted by atomic mass is 32.2. The molecule has 0 radical (unpaired) electrons. The third-order valence-corrected chi connectivity index (χ3v) is 10.8. The molecule has 1 aromatic carbocycles. The fourth-order valence-electron chi connectivity index (χ4n) is 7.23. The van der Waals surface area contributed by atoms with Gasteiger partial charge in [0.2, 0.25) is 0 Å². The van der Waals surface area contributed by atoms with Crippen molar-refractivity contribution in [1.82, 2.24) is 19.7 Å². The minimum absolute atomic E-state index is 0.00953. The van der Waals surface area contributed by atoms with E-state index in [4.69, 9.17) is 15.0 Å². The summed E-state index contributed by atoms with van der Waals surface area (Å²) in [5.41, 5.74) is 5.42. The van der Waals surface area contributed by atoms with E-state index in [2.05, 4.69) is 114 Å². The normalized spacial score (nSPS) is 21.2. The maximum atomic E-state index is 14.3. The second kappa shape index (κ2) is 13.9. The van der Waals surface area contributed by atoms with Gasteiger partial charge in [-0.05, 0) is 91.0 Å². The van der Waals surface area contributed by atoms with Gasteiger partial charge in [0, 0.05) is 35.6 Å². The third-order valence-electron chi connectivity index (χ3n) is 10.1. The number of fused-ring (bicyclic) bond motifs is 6. The first kappa shape index (κ1) is 35.6. The zero-order valence-electron chi connectivity index (χ0n) is 31.0. The molecule has 7 nitrogen and oxygen atoms in total. The average molecular weight is 689 g/mol. The van der Waals surface area contributed by atoms with E-state index in [1.807, 2.05) is 48.7 Å². The van der Waals surface area contributed by atoms with Crippen LogP contribution in [0.1, 0.15) is 120 Å². The minimum atomic E-state index is -0.248. The van der Waals surface area contributed by atoms with Gasteiger partial charge < -0.3 is 10.2 Å². The molecule has 0 aliphatic carbocycles. The number of hydrogen-bond donors (Lipinski definition) is 2. The van der Waals surface area contributed by atoms with Gasteiger partial charge in [-0.15, -0.1) is 0 Å². The number of nitrogens with one attached hydrogen (secondary N) is 2. The lowest BCUT2D eigenvalue weighted by molar-refractivity contribution is 0.0984. The van der Waals surface area contributed by atoms with Crippen molar-refractivity contribution in [3.05, 3.63) is 107 Å². The molecule has 2 N–H and O–H groups in total. The number of carbonyl (C=O) groups is 1. The zero-order valence-corrected chi connectivity index (χ0v) is 31.9. The van der Waals surface area contributed by atoms with Gasteiger partial charge in [0.15, 0.2) is 0 Å². The van der Waals surface area contributed by atoms with Crippen LogP contribution in [0.5, 0.6) is 0 Å². The predicted octanol–water partition coefficient (Wildman–Crippen LogP) is 9.87. The van der Waals surface area contributed by atoms with Crippen LogP contribution in [0.2, 0.25) is 0 Å². The molecule has 1 saturated heterocycles. The van der Waals surface area contributed by atoms with Crippen LogP contribution in [0, 0.1) is 11.8 Å². The highest BCUT2D eigenvalue weighted by molar-refractivity contribution is 7.97. The molecule has 1 amide bonds. The molecule has 4 bridgehead atoms. The molecule has 3 atom stereocenters. The fourth-order valence-corrected chi connectivity index (χ4v) is 7.83. The number of hydrogen-bond acceptors (Lipinski definition) is 7. The predicted molar refractivity (Wildman–Crippen MR) is 208 cm³/mol. The van der Waals surface area contributed by atoms with Crippen LogP contribution in [0.15, 0.2) is 78.0 Å². The van der Waals surface area contributed by atoms with E-state index in [0.717, 1.165) is 53.5 Å². The van der Waals surface area contributed by atoms with Crippen LogP contribution in [0.25, 0.3) is 12.2 Å². The minimum Gasteiger partial charge on any atom is -0.362 e. The summed E-state index contributed by atoms with van der Waals surface area (Å²) in [5, 5.41) is 4.45. The summed E-state index contributed by atoms with van der Waals surface area (Å²) in [4.78, 5) is 31.9. The first-order valence-electron chi connectivity index (χ1n) is 17.8. The van der Waals surface area contributed by atoms with Crippen LogP contribution in [-0.4, -0.2) is 32.9 Å².